The number of imidazole rings is 1. The van der Waals surface area contributed by atoms with Gasteiger partial charge in [-0.3, -0.25) is 0 Å². The third-order valence-corrected chi connectivity index (χ3v) is 3.84. The molecule has 0 fully saturated rings. The van der Waals surface area contributed by atoms with E-state index in [1.54, 1.807) is 17.4 Å². The van der Waals surface area contributed by atoms with E-state index in [4.69, 9.17) is 5.73 Å². The van der Waals surface area contributed by atoms with Crippen LogP contribution in [0.3, 0.4) is 0 Å². The average molecular weight is 276 g/mol. The molecule has 0 saturated heterocycles. The lowest BCUT2D eigenvalue weighted by molar-refractivity contribution is 0.637. The van der Waals surface area contributed by atoms with Crippen LogP contribution in [0.2, 0.25) is 0 Å². The topological polar surface area (TPSA) is 56.7 Å². The Morgan fingerprint density at radius 1 is 1.37 bits per heavy atom. The first-order valence-corrected chi connectivity index (χ1v) is 6.84. The van der Waals surface area contributed by atoms with Gasteiger partial charge in [0.1, 0.15) is 5.52 Å². The van der Waals surface area contributed by atoms with Gasteiger partial charge in [-0.1, -0.05) is 6.07 Å². The maximum absolute atomic E-state index is 13.6. The first-order valence-electron chi connectivity index (χ1n) is 5.96. The second-order valence-electron chi connectivity index (χ2n) is 4.34. The Bertz CT molecular complexity index is 731. The summed E-state index contributed by atoms with van der Waals surface area (Å²) in [4.78, 5) is 8.49. The number of aromatic nitrogens is 3. The molecule has 0 bridgehead atoms. The van der Waals surface area contributed by atoms with Gasteiger partial charge >= 0.3 is 0 Å². The van der Waals surface area contributed by atoms with E-state index in [-0.39, 0.29) is 5.82 Å². The van der Waals surface area contributed by atoms with E-state index in [0.29, 0.717) is 18.0 Å². The Morgan fingerprint density at radius 2 is 2.21 bits per heavy atom. The maximum atomic E-state index is 13.6. The van der Waals surface area contributed by atoms with Crippen molar-refractivity contribution in [3.8, 4) is 0 Å². The van der Waals surface area contributed by atoms with Crippen molar-refractivity contribution in [1.82, 2.24) is 14.5 Å². The summed E-state index contributed by atoms with van der Waals surface area (Å²) in [6.07, 6.45) is 0.760. The molecule has 2 aromatic heterocycles. The number of rotatable bonds is 3. The molecule has 0 radical (unpaired) electrons. The summed E-state index contributed by atoms with van der Waals surface area (Å²) >= 11 is 1.62. The van der Waals surface area contributed by atoms with Crippen molar-refractivity contribution in [2.75, 3.05) is 5.73 Å². The van der Waals surface area contributed by atoms with Crippen LogP contribution in [0.5, 0.6) is 0 Å². The van der Waals surface area contributed by atoms with E-state index in [1.165, 1.54) is 6.07 Å². The van der Waals surface area contributed by atoms with E-state index in [9.17, 15) is 4.39 Å². The van der Waals surface area contributed by atoms with Crippen molar-refractivity contribution in [1.29, 1.82) is 0 Å². The number of nitrogens with zero attached hydrogens (tertiary/aromatic N) is 3. The molecule has 2 heterocycles. The van der Waals surface area contributed by atoms with Gasteiger partial charge in [0, 0.05) is 18.3 Å². The number of nitrogen functional groups attached to an aromatic ring is 1. The normalized spacial score (nSPS) is 11.3. The average Bonchev–Trinajstić information content (AvgIpc) is 2.92. The summed E-state index contributed by atoms with van der Waals surface area (Å²) in [7, 11) is 0. The number of anilines is 1. The SMILES string of the molecule is Cc1nc(CCn2c(N)nc3c(F)cccc32)cs1. The number of hydrogen-bond acceptors (Lipinski definition) is 4. The first-order chi connectivity index (χ1) is 9.15. The first kappa shape index (κ1) is 12.1. The molecule has 0 amide bonds. The number of aryl methyl sites for hydroxylation is 3. The molecule has 1 aromatic carbocycles. The van der Waals surface area contributed by atoms with Crippen LogP contribution in [0.15, 0.2) is 23.6 Å². The number of nitrogens with two attached hydrogens (primary N) is 1. The number of fused-ring (bicyclic) bond motifs is 1. The Labute approximate surface area is 113 Å². The molecule has 0 atom stereocenters. The van der Waals surface area contributed by atoms with Crippen LogP contribution < -0.4 is 5.73 Å². The molecule has 3 aromatic rings. The third-order valence-electron chi connectivity index (χ3n) is 3.02. The minimum atomic E-state index is -0.340. The van der Waals surface area contributed by atoms with Gasteiger partial charge in [0.2, 0.25) is 5.95 Å². The molecule has 3 rings (SSSR count). The van der Waals surface area contributed by atoms with E-state index in [0.717, 1.165) is 22.6 Å². The van der Waals surface area contributed by atoms with E-state index in [1.807, 2.05) is 22.9 Å². The van der Waals surface area contributed by atoms with Gasteiger partial charge in [0.05, 0.1) is 16.2 Å². The number of halogens is 1. The molecule has 98 valence electrons. The molecule has 4 nitrogen and oxygen atoms in total. The van der Waals surface area contributed by atoms with Crippen molar-refractivity contribution in [3.05, 3.63) is 40.1 Å². The molecule has 19 heavy (non-hydrogen) atoms. The summed E-state index contributed by atoms with van der Waals surface area (Å²) in [5.41, 5.74) is 7.94. The molecule has 0 unspecified atom stereocenters. The smallest absolute Gasteiger partial charge is 0.201 e. The third kappa shape index (κ3) is 2.19. The second-order valence-corrected chi connectivity index (χ2v) is 5.40. The molecule has 0 aliphatic rings. The Morgan fingerprint density at radius 3 is 2.95 bits per heavy atom. The zero-order valence-electron chi connectivity index (χ0n) is 10.4. The van der Waals surface area contributed by atoms with Crippen LogP contribution in [0.1, 0.15) is 10.7 Å². The standard InChI is InChI=1S/C13H13FN4S/c1-8-16-9(7-19-8)5-6-18-11-4-2-3-10(14)12(11)17-13(18)15/h2-4,7H,5-6H2,1H3,(H2,15,17). The summed E-state index contributed by atoms with van der Waals surface area (Å²) in [6, 6.07) is 4.89. The van der Waals surface area contributed by atoms with E-state index >= 15 is 0 Å². The zero-order valence-corrected chi connectivity index (χ0v) is 11.2. The number of benzene rings is 1. The van der Waals surface area contributed by atoms with Crippen LogP contribution in [0.4, 0.5) is 10.3 Å². The highest BCUT2D eigenvalue weighted by Crippen LogP contribution is 2.21. The summed E-state index contributed by atoms with van der Waals surface area (Å²) in [6.45, 7) is 2.62. The van der Waals surface area contributed by atoms with Crippen LogP contribution in [-0.4, -0.2) is 14.5 Å². The molecule has 0 aliphatic carbocycles. The Kier molecular flexibility index (Phi) is 2.94. The number of hydrogen-bond donors (Lipinski definition) is 1. The van der Waals surface area contributed by atoms with Crippen molar-refractivity contribution >= 4 is 28.3 Å². The van der Waals surface area contributed by atoms with Crippen LogP contribution >= 0.6 is 11.3 Å². The monoisotopic (exact) mass is 276 g/mol. The van der Waals surface area contributed by atoms with Crippen LogP contribution in [0.25, 0.3) is 11.0 Å². The van der Waals surface area contributed by atoms with Gasteiger partial charge < -0.3 is 10.3 Å². The molecule has 6 heteroatoms. The van der Waals surface area contributed by atoms with Crippen molar-refractivity contribution in [2.45, 2.75) is 19.9 Å². The minimum Gasteiger partial charge on any atom is -0.369 e. The van der Waals surface area contributed by atoms with Crippen molar-refractivity contribution < 1.29 is 4.39 Å². The van der Waals surface area contributed by atoms with Crippen LogP contribution in [-0.2, 0) is 13.0 Å². The Hall–Kier alpha value is -1.95. The highest BCUT2D eigenvalue weighted by molar-refractivity contribution is 7.09. The fourth-order valence-corrected chi connectivity index (χ4v) is 2.76. The minimum absolute atomic E-state index is 0.328. The lowest BCUT2D eigenvalue weighted by Gasteiger charge is -2.04. The van der Waals surface area contributed by atoms with Crippen molar-refractivity contribution in [2.24, 2.45) is 0 Å². The fourth-order valence-electron chi connectivity index (χ4n) is 2.12. The summed E-state index contributed by atoms with van der Waals surface area (Å²) < 4.78 is 15.4. The lowest BCUT2D eigenvalue weighted by Crippen LogP contribution is -2.05. The number of thiazole rings is 1. The van der Waals surface area contributed by atoms with Gasteiger partial charge in [-0.05, 0) is 19.1 Å². The zero-order chi connectivity index (χ0) is 13.4. The van der Waals surface area contributed by atoms with Gasteiger partial charge in [-0.2, -0.15) is 0 Å². The van der Waals surface area contributed by atoms with E-state index < -0.39 is 0 Å². The molecule has 0 spiro atoms. The van der Waals surface area contributed by atoms with Gasteiger partial charge in [-0.15, -0.1) is 11.3 Å². The highest BCUT2D eigenvalue weighted by Gasteiger charge is 2.11. The molecule has 2 N–H and O–H groups in total. The second kappa shape index (κ2) is 4.62. The van der Waals surface area contributed by atoms with Crippen molar-refractivity contribution in [3.63, 3.8) is 0 Å². The highest BCUT2D eigenvalue weighted by atomic mass is 32.1. The van der Waals surface area contributed by atoms with Gasteiger partial charge in [0.25, 0.3) is 0 Å². The van der Waals surface area contributed by atoms with E-state index in [2.05, 4.69) is 9.97 Å². The lowest BCUT2D eigenvalue weighted by atomic mass is 10.3. The summed E-state index contributed by atoms with van der Waals surface area (Å²) in [5.74, 6) is -0.000459. The maximum Gasteiger partial charge on any atom is 0.201 e. The summed E-state index contributed by atoms with van der Waals surface area (Å²) in [5, 5.41) is 3.08. The molecule has 0 aliphatic heterocycles. The number of para-hydroxylation sites is 1. The van der Waals surface area contributed by atoms with Gasteiger partial charge in [0.15, 0.2) is 5.82 Å². The predicted molar refractivity (Wildman–Crippen MR) is 74.7 cm³/mol. The molecule has 0 saturated carbocycles. The molecular formula is C13H13FN4S. The quantitative estimate of drug-likeness (QED) is 0.800. The fraction of sp³-hybridized carbons (Fsp3) is 0.231. The predicted octanol–water partition coefficient (Wildman–Crippen LogP) is 2.77. The Balaban J connectivity index is 1.92. The van der Waals surface area contributed by atoms with Gasteiger partial charge in [-0.25, -0.2) is 14.4 Å². The largest absolute Gasteiger partial charge is 0.369 e. The molecular weight excluding hydrogens is 263 g/mol. The van der Waals surface area contributed by atoms with Crippen LogP contribution in [0, 0.1) is 12.7 Å².